The number of carbonyl (C=O) groups is 1. The molecule has 2 amide bonds. The van der Waals surface area contributed by atoms with E-state index in [9.17, 15) is 4.79 Å². The largest absolute Gasteiger partial charge is 0.335 e. The lowest BCUT2D eigenvalue weighted by Gasteiger charge is -2.44. The minimum atomic E-state index is 0.197. The Bertz CT molecular complexity index is 406. The van der Waals surface area contributed by atoms with Crippen molar-refractivity contribution >= 4 is 6.03 Å². The van der Waals surface area contributed by atoms with Gasteiger partial charge in [0, 0.05) is 19.1 Å². The molecule has 0 aromatic carbocycles. The van der Waals surface area contributed by atoms with E-state index in [1.165, 1.54) is 44.9 Å². The standard InChI is InChI=1S/C18H30N2O/c1-15-8-3-4-9-16(15)19-17(21)20-13-7-12-18(14-20)10-5-2-6-11-18/h2,5,15-16H,3-4,6-14H2,1H3,(H,19,21). The highest BCUT2D eigenvalue weighted by atomic mass is 16.2. The van der Waals surface area contributed by atoms with Gasteiger partial charge in [-0.05, 0) is 56.3 Å². The minimum Gasteiger partial charge on any atom is -0.335 e. The highest BCUT2D eigenvalue weighted by Gasteiger charge is 2.37. The van der Waals surface area contributed by atoms with Gasteiger partial charge < -0.3 is 10.2 Å². The summed E-state index contributed by atoms with van der Waals surface area (Å²) in [5.74, 6) is 0.638. The number of hydrogen-bond donors (Lipinski definition) is 1. The van der Waals surface area contributed by atoms with E-state index in [1.54, 1.807) is 0 Å². The second-order valence-electron chi connectivity index (χ2n) is 7.56. The van der Waals surface area contributed by atoms with Gasteiger partial charge in [0.15, 0.2) is 0 Å². The van der Waals surface area contributed by atoms with Crippen LogP contribution in [0.3, 0.4) is 0 Å². The lowest BCUT2D eigenvalue weighted by molar-refractivity contribution is 0.0922. The fourth-order valence-electron chi connectivity index (χ4n) is 4.48. The maximum Gasteiger partial charge on any atom is 0.317 e. The van der Waals surface area contributed by atoms with Crippen LogP contribution < -0.4 is 5.32 Å². The zero-order valence-corrected chi connectivity index (χ0v) is 13.4. The zero-order chi connectivity index (χ0) is 14.7. The van der Waals surface area contributed by atoms with Crippen molar-refractivity contribution in [1.82, 2.24) is 10.2 Å². The summed E-state index contributed by atoms with van der Waals surface area (Å²) in [4.78, 5) is 14.7. The van der Waals surface area contributed by atoms with Crippen molar-refractivity contribution in [3.8, 4) is 0 Å². The maximum absolute atomic E-state index is 12.6. The van der Waals surface area contributed by atoms with Gasteiger partial charge in [0.25, 0.3) is 0 Å². The number of rotatable bonds is 1. The van der Waals surface area contributed by atoms with Crippen molar-refractivity contribution in [2.75, 3.05) is 13.1 Å². The van der Waals surface area contributed by atoms with Crippen LogP contribution in [-0.2, 0) is 0 Å². The molecule has 3 heteroatoms. The van der Waals surface area contributed by atoms with Crippen LogP contribution in [0.15, 0.2) is 12.2 Å². The van der Waals surface area contributed by atoms with Crippen LogP contribution >= 0.6 is 0 Å². The van der Waals surface area contributed by atoms with E-state index < -0.39 is 0 Å². The first-order valence-corrected chi connectivity index (χ1v) is 8.89. The summed E-state index contributed by atoms with van der Waals surface area (Å²) in [6.07, 6.45) is 15.7. The highest BCUT2D eigenvalue weighted by molar-refractivity contribution is 5.74. The first kappa shape index (κ1) is 14.9. The van der Waals surface area contributed by atoms with Crippen LogP contribution in [0.4, 0.5) is 4.79 Å². The molecule has 2 fully saturated rings. The lowest BCUT2D eigenvalue weighted by Crippen LogP contribution is -2.53. The Morgan fingerprint density at radius 3 is 2.81 bits per heavy atom. The van der Waals surface area contributed by atoms with E-state index in [0.717, 1.165) is 25.9 Å². The Hall–Kier alpha value is -0.990. The summed E-state index contributed by atoms with van der Waals surface area (Å²) in [7, 11) is 0. The summed E-state index contributed by atoms with van der Waals surface area (Å²) >= 11 is 0. The van der Waals surface area contributed by atoms with Gasteiger partial charge in [-0.25, -0.2) is 4.79 Å². The number of nitrogens with zero attached hydrogens (tertiary/aromatic N) is 1. The number of urea groups is 1. The Kier molecular flexibility index (Phi) is 4.56. The number of hydrogen-bond acceptors (Lipinski definition) is 1. The molecule has 3 aliphatic rings. The summed E-state index contributed by atoms with van der Waals surface area (Å²) in [6.45, 7) is 4.19. The molecular formula is C18H30N2O. The summed E-state index contributed by atoms with van der Waals surface area (Å²) in [5.41, 5.74) is 0.378. The van der Waals surface area contributed by atoms with Gasteiger partial charge in [0.2, 0.25) is 0 Å². The first-order valence-electron chi connectivity index (χ1n) is 8.89. The van der Waals surface area contributed by atoms with Gasteiger partial charge in [0.1, 0.15) is 0 Å². The van der Waals surface area contributed by atoms with Crippen molar-refractivity contribution in [1.29, 1.82) is 0 Å². The molecule has 21 heavy (non-hydrogen) atoms. The van der Waals surface area contributed by atoms with Gasteiger partial charge in [-0.3, -0.25) is 0 Å². The van der Waals surface area contributed by atoms with Crippen molar-refractivity contribution < 1.29 is 4.79 Å². The monoisotopic (exact) mass is 290 g/mol. The van der Waals surface area contributed by atoms with Crippen LogP contribution in [0.1, 0.15) is 64.7 Å². The molecule has 118 valence electrons. The lowest BCUT2D eigenvalue weighted by atomic mass is 9.71. The molecule has 2 aliphatic carbocycles. The molecule has 0 bridgehead atoms. The first-order chi connectivity index (χ1) is 10.2. The SMILES string of the molecule is CC1CCCCC1NC(=O)N1CCCC2(CC=CCC2)C1. The predicted molar refractivity (Wildman–Crippen MR) is 86.2 cm³/mol. The third-order valence-corrected chi connectivity index (χ3v) is 5.93. The number of amides is 2. The van der Waals surface area contributed by atoms with Crippen molar-refractivity contribution in [2.45, 2.75) is 70.8 Å². The van der Waals surface area contributed by atoms with E-state index in [1.807, 2.05) is 0 Å². The Morgan fingerprint density at radius 1 is 1.19 bits per heavy atom. The average Bonchev–Trinajstić information content (AvgIpc) is 2.50. The maximum atomic E-state index is 12.6. The van der Waals surface area contributed by atoms with E-state index in [-0.39, 0.29) is 6.03 Å². The number of nitrogens with one attached hydrogen (secondary N) is 1. The van der Waals surface area contributed by atoms with E-state index in [2.05, 4.69) is 29.3 Å². The molecule has 1 saturated carbocycles. The number of likely N-dealkylation sites (tertiary alicyclic amines) is 1. The molecule has 3 atom stereocenters. The molecule has 0 radical (unpaired) electrons. The topological polar surface area (TPSA) is 32.3 Å². The van der Waals surface area contributed by atoms with E-state index in [0.29, 0.717) is 17.4 Å². The van der Waals surface area contributed by atoms with Gasteiger partial charge in [-0.15, -0.1) is 0 Å². The van der Waals surface area contributed by atoms with Gasteiger partial charge in [-0.2, -0.15) is 0 Å². The van der Waals surface area contributed by atoms with Gasteiger partial charge >= 0.3 is 6.03 Å². The average molecular weight is 290 g/mol. The molecule has 1 heterocycles. The van der Waals surface area contributed by atoms with Crippen LogP contribution in [-0.4, -0.2) is 30.1 Å². The second-order valence-corrected chi connectivity index (χ2v) is 7.56. The molecule has 1 saturated heterocycles. The fraction of sp³-hybridized carbons (Fsp3) is 0.833. The van der Waals surface area contributed by atoms with Crippen molar-refractivity contribution in [2.24, 2.45) is 11.3 Å². The number of piperidine rings is 1. The van der Waals surface area contributed by atoms with Crippen LogP contribution in [0.25, 0.3) is 0 Å². The molecule has 0 aromatic rings. The highest BCUT2D eigenvalue weighted by Crippen LogP contribution is 2.40. The molecule has 3 nitrogen and oxygen atoms in total. The zero-order valence-electron chi connectivity index (χ0n) is 13.4. The molecular weight excluding hydrogens is 260 g/mol. The Labute approximate surface area is 129 Å². The normalized spacial score (nSPS) is 36.7. The minimum absolute atomic E-state index is 0.197. The molecule has 3 rings (SSSR count). The molecule has 0 aromatic heterocycles. The fourth-order valence-corrected chi connectivity index (χ4v) is 4.48. The Balaban J connectivity index is 1.58. The van der Waals surface area contributed by atoms with E-state index >= 15 is 0 Å². The predicted octanol–water partition coefficient (Wildman–Crippen LogP) is 4.10. The summed E-state index contributed by atoms with van der Waals surface area (Å²) < 4.78 is 0. The summed E-state index contributed by atoms with van der Waals surface area (Å²) in [5, 5.41) is 3.33. The molecule has 1 spiro atoms. The smallest absolute Gasteiger partial charge is 0.317 e. The van der Waals surface area contributed by atoms with Gasteiger partial charge in [0.05, 0.1) is 0 Å². The van der Waals surface area contributed by atoms with Crippen LogP contribution in [0.2, 0.25) is 0 Å². The van der Waals surface area contributed by atoms with E-state index in [4.69, 9.17) is 0 Å². The summed E-state index contributed by atoms with van der Waals surface area (Å²) in [6, 6.07) is 0.595. The van der Waals surface area contributed by atoms with Gasteiger partial charge in [-0.1, -0.05) is 31.9 Å². The second kappa shape index (κ2) is 6.41. The molecule has 3 unspecified atom stereocenters. The number of carbonyl (C=O) groups excluding carboxylic acids is 1. The molecule has 1 aliphatic heterocycles. The third kappa shape index (κ3) is 3.44. The number of allylic oxidation sites excluding steroid dienone is 2. The van der Waals surface area contributed by atoms with Crippen LogP contribution in [0.5, 0.6) is 0 Å². The van der Waals surface area contributed by atoms with Crippen LogP contribution in [0, 0.1) is 11.3 Å². The third-order valence-electron chi connectivity index (χ3n) is 5.93. The van der Waals surface area contributed by atoms with Crippen molar-refractivity contribution in [3.63, 3.8) is 0 Å². The molecule has 1 N–H and O–H groups in total. The quantitative estimate of drug-likeness (QED) is 0.725. The van der Waals surface area contributed by atoms with Crippen molar-refractivity contribution in [3.05, 3.63) is 12.2 Å². The Morgan fingerprint density at radius 2 is 2.05 bits per heavy atom.